The number of likely N-dealkylation sites (tertiary alicyclic amines) is 1. The minimum Gasteiger partial charge on any atom is -0.389 e. The molecule has 1 aromatic carbocycles. The summed E-state index contributed by atoms with van der Waals surface area (Å²) in [5.74, 6) is 0.543. The quantitative estimate of drug-likeness (QED) is 0.853. The number of hydrogen-bond acceptors (Lipinski definition) is 2. The Kier molecular flexibility index (Phi) is 4.30. The van der Waals surface area contributed by atoms with E-state index in [0.717, 1.165) is 31.1 Å². The third-order valence-electron chi connectivity index (χ3n) is 3.52. The van der Waals surface area contributed by atoms with Gasteiger partial charge < -0.3 is 5.73 Å². The van der Waals surface area contributed by atoms with Gasteiger partial charge in [0, 0.05) is 12.1 Å². The minimum atomic E-state index is -0.263. The number of rotatable bonds is 3. The van der Waals surface area contributed by atoms with Gasteiger partial charge in [-0.15, -0.1) is 0 Å². The lowest BCUT2D eigenvalue weighted by atomic mass is 9.98. The molecule has 0 amide bonds. The van der Waals surface area contributed by atoms with E-state index >= 15 is 0 Å². The van der Waals surface area contributed by atoms with Gasteiger partial charge in [-0.2, -0.15) is 0 Å². The standard InChI is InChI=1S/C14H19FN2S/c1-10-2-4-17(5-3-10)9-11-6-12(14(16)18)8-13(15)7-11/h6-8,10H,2-5,9H2,1H3,(H2,16,18). The van der Waals surface area contributed by atoms with Crippen molar-refractivity contribution in [1.82, 2.24) is 4.90 Å². The van der Waals surface area contributed by atoms with Crippen molar-refractivity contribution in [2.24, 2.45) is 11.7 Å². The molecule has 2 nitrogen and oxygen atoms in total. The number of piperidine rings is 1. The molecule has 1 saturated heterocycles. The van der Waals surface area contributed by atoms with Crippen LogP contribution in [0.2, 0.25) is 0 Å². The predicted octanol–water partition coefficient (Wildman–Crippen LogP) is 2.69. The van der Waals surface area contributed by atoms with Crippen LogP contribution in [-0.4, -0.2) is 23.0 Å². The molecule has 1 heterocycles. The van der Waals surface area contributed by atoms with Gasteiger partial charge in [0.25, 0.3) is 0 Å². The van der Waals surface area contributed by atoms with Gasteiger partial charge in [0.05, 0.1) is 0 Å². The molecule has 0 atom stereocenters. The molecule has 0 unspecified atom stereocenters. The lowest BCUT2D eigenvalue weighted by molar-refractivity contribution is 0.185. The minimum absolute atomic E-state index is 0.253. The van der Waals surface area contributed by atoms with Crippen LogP contribution in [0.25, 0.3) is 0 Å². The third-order valence-corrected chi connectivity index (χ3v) is 3.76. The molecule has 1 aromatic rings. The Morgan fingerprint density at radius 2 is 2.06 bits per heavy atom. The van der Waals surface area contributed by atoms with Crippen LogP contribution in [0.1, 0.15) is 30.9 Å². The molecule has 0 spiro atoms. The Morgan fingerprint density at radius 3 is 2.67 bits per heavy atom. The van der Waals surface area contributed by atoms with Crippen LogP contribution < -0.4 is 5.73 Å². The van der Waals surface area contributed by atoms with Gasteiger partial charge in [-0.25, -0.2) is 4.39 Å². The number of hydrogen-bond donors (Lipinski definition) is 1. The average Bonchev–Trinajstić information content (AvgIpc) is 2.31. The lowest BCUT2D eigenvalue weighted by Gasteiger charge is -2.30. The highest BCUT2D eigenvalue weighted by molar-refractivity contribution is 7.80. The van der Waals surface area contributed by atoms with Crippen LogP contribution in [-0.2, 0) is 6.54 Å². The first-order valence-electron chi connectivity index (χ1n) is 6.36. The summed E-state index contributed by atoms with van der Waals surface area (Å²) >= 11 is 4.90. The van der Waals surface area contributed by atoms with Crippen molar-refractivity contribution in [3.8, 4) is 0 Å². The summed E-state index contributed by atoms with van der Waals surface area (Å²) in [6.45, 7) is 5.23. The fourth-order valence-electron chi connectivity index (χ4n) is 2.36. The van der Waals surface area contributed by atoms with E-state index in [1.807, 2.05) is 6.07 Å². The molecular weight excluding hydrogens is 247 g/mol. The Hall–Kier alpha value is -1.00. The largest absolute Gasteiger partial charge is 0.389 e. The van der Waals surface area contributed by atoms with Crippen molar-refractivity contribution < 1.29 is 4.39 Å². The van der Waals surface area contributed by atoms with Crippen molar-refractivity contribution in [3.63, 3.8) is 0 Å². The zero-order valence-corrected chi connectivity index (χ0v) is 11.5. The predicted molar refractivity (Wildman–Crippen MR) is 76.0 cm³/mol. The summed E-state index contributed by atoms with van der Waals surface area (Å²) in [5.41, 5.74) is 7.12. The highest BCUT2D eigenvalue weighted by Crippen LogP contribution is 2.19. The number of nitrogens with two attached hydrogens (primary N) is 1. The zero-order valence-electron chi connectivity index (χ0n) is 10.7. The Bertz CT molecular complexity index is 439. The fraction of sp³-hybridized carbons (Fsp3) is 0.500. The number of halogens is 1. The molecular formula is C14H19FN2S. The van der Waals surface area contributed by atoms with Crippen LogP contribution in [0.4, 0.5) is 4.39 Å². The first-order chi connectivity index (χ1) is 8.54. The molecule has 1 aliphatic rings. The monoisotopic (exact) mass is 266 g/mol. The summed E-state index contributed by atoms with van der Waals surface area (Å²) < 4.78 is 13.5. The first kappa shape index (κ1) is 13.4. The molecule has 0 bridgehead atoms. The fourth-order valence-corrected chi connectivity index (χ4v) is 2.48. The summed E-state index contributed by atoms with van der Waals surface area (Å²) in [6.07, 6.45) is 2.44. The van der Waals surface area contributed by atoms with E-state index < -0.39 is 0 Å². The second-order valence-corrected chi connectivity index (χ2v) is 5.61. The highest BCUT2D eigenvalue weighted by atomic mass is 32.1. The van der Waals surface area contributed by atoms with E-state index in [9.17, 15) is 4.39 Å². The van der Waals surface area contributed by atoms with Crippen molar-refractivity contribution >= 4 is 17.2 Å². The van der Waals surface area contributed by atoms with Gasteiger partial charge in [-0.05, 0) is 55.6 Å². The molecule has 0 saturated carbocycles. The van der Waals surface area contributed by atoms with Gasteiger partial charge in [-0.3, -0.25) is 4.90 Å². The molecule has 0 aromatic heterocycles. The summed E-state index contributed by atoms with van der Waals surface area (Å²) in [4.78, 5) is 2.61. The van der Waals surface area contributed by atoms with Gasteiger partial charge >= 0.3 is 0 Å². The number of thiocarbonyl (C=S) groups is 1. The summed E-state index contributed by atoms with van der Waals surface area (Å²) in [5, 5.41) is 0. The van der Waals surface area contributed by atoms with Crippen molar-refractivity contribution in [1.29, 1.82) is 0 Å². The number of nitrogens with zero attached hydrogens (tertiary/aromatic N) is 1. The Morgan fingerprint density at radius 1 is 1.39 bits per heavy atom. The molecule has 2 rings (SSSR count). The molecule has 18 heavy (non-hydrogen) atoms. The number of benzene rings is 1. The summed E-state index contributed by atoms with van der Waals surface area (Å²) in [7, 11) is 0. The molecule has 0 radical (unpaired) electrons. The van der Waals surface area contributed by atoms with E-state index in [-0.39, 0.29) is 10.8 Å². The Labute approximate surface area is 113 Å². The van der Waals surface area contributed by atoms with Gasteiger partial charge in [-0.1, -0.05) is 19.1 Å². The van der Waals surface area contributed by atoms with Gasteiger partial charge in [0.1, 0.15) is 10.8 Å². The van der Waals surface area contributed by atoms with Crippen LogP contribution in [0.5, 0.6) is 0 Å². The smallest absolute Gasteiger partial charge is 0.124 e. The van der Waals surface area contributed by atoms with Crippen LogP contribution in [0, 0.1) is 11.7 Å². The molecule has 1 aliphatic heterocycles. The second kappa shape index (κ2) is 5.76. The lowest BCUT2D eigenvalue weighted by Crippen LogP contribution is -2.32. The third kappa shape index (κ3) is 3.50. The molecule has 1 fully saturated rings. The molecule has 0 aliphatic carbocycles. The van der Waals surface area contributed by atoms with Crippen LogP contribution >= 0.6 is 12.2 Å². The van der Waals surface area contributed by atoms with Crippen molar-refractivity contribution in [2.45, 2.75) is 26.3 Å². The first-order valence-corrected chi connectivity index (χ1v) is 6.77. The normalized spacial score (nSPS) is 17.9. The summed E-state index contributed by atoms with van der Waals surface area (Å²) in [6, 6.07) is 4.85. The average molecular weight is 266 g/mol. The van der Waals surface area contributed by atoms with E-state index in [1.165, 1.54) is 18.9 Å². The SMILES string of the molecule is CC1CCN(Cc2cc(F)cc(C(N)=S)c2)CC1. The maximum atomic E-state index is 13.5. The van der Waals surface area contributed by atoms with E-state index in [1.54, 1.807) is 6.07 Å². The van der Waals surface area contributed by atoms with Crippen LogP contribution in [0.15, 0.2) is 18.2 Å². The topological polar surface area (TPSA) is 29.3 Å². The molecule has 4 heteroatoms. The van der Waals surface area contributed by atoms with Crippen LogP contribution in [0.3, 0.4) is 0 Å². The van der Waals surface area contributed by atoms with Gasteiger partial charge in [0.15, 0.2) is 0 Å². The van der Waals surface area contributed by atoms with Gasteiger partial charge in [0.2, 0.25) is 0 Å². The Balaban J connectivity index is 2.07. The van der Waals surface area contributed by atoms with E-state index in [4.69, 9.17) is 18.0 Å². The molecule has 98 valence electrons. The molecule has 2 N–H and O–H groups in total. The van der Waals surface area contributed by atoms with Crippen molar-refractivity contribution in [2.75, 3.05) is 13.1 Å². The maximum Gasteiger partial charge on any atom is 0.124 e. The van der Waals surface area contributed by atoms with E-state index in [0.29, 0.717) is 5.56 Å². The van der Waals surface area contributed by atoms with Crippen molar-refractivity contribution in [3.05, 3.63) is 35.1 Å². The second-order valence-electron chi connectivity index (χ2n) is 5.17. The maximum absolute atomic E-state index is 13.5. The zero-order chi connectivity index (χ0) is 13.1. The van der Waals surface area contributed by atoms with E-state index in [2.05, 4.69) is 11.8 Å². The highest BCUT2D eigenvalue weighted by Gasteiger charge is 2.16.